The molecule has 0 aliphatic rings. The van der Waals surface area contributed by atoms with Crippen LogP contribution in [0.3, 0.4) is 0 Å². The van der Waals surface area contributed by atoms with E-state index in [-0.39, 0.29) is 7.43 Å². The van der Waals surface area contributed by atoms with Crippen LogP contribution < -0.4 is 10.5 Å². The molecule has 0 saturated carbocycles. The fourth-order valence-corrected chi connectivity index (χ4v) is 1.55. The Labute approximate surface area is 130 Å². The third kappa shape index (κ3) is 7.50. The Hall–Kier alpha value is -1.51. The normalized spacial score (nSPS) is 8.26. The average molecular weight is 386 g/mol. The van der Waals surface area contributed by atoms with Crippen LogP contribution in [-0.4, -0.2) is 0 Å². The number of hydrogen-bond acceptors (Lipinski definition) is 3. The second-order valence-electron chi connectivity index (χ2n) is 3.20. The van der Waals surface area contributed by atoms with E-state index < -0.39 is 0 Å². The highest BCUT2D eigenvalue weighted by molar-refractivity contribution is 9.10. The molecule has 2 rings (SSSR count). The molecule has 0 heterocycles. The first-order chi connectivity index (χ1) is 8.61. The Morgan fingerprint density at radius 2 is 1.32 bits per heavy atom. The fourth-order valence-electron chi connectivity index (χ4n) is 1.02. The summed E-state index contributed by atoms with van der Waals surface area (Å²) in [6.07, 6.45) is 1.59. The molecule has 0 saturated heterocycles. The summed E-state index contributed by atoms with van der Waals surface area (Å²) >= 11 is 6.55. The second kappa shape index (κ2) is 9.42. The number of nitriles is 1. The van der Waals surface area contributed by atoms with Crippen molar-refractivity contribution in [1.29, 1.82) is 5.26 Å². The summed E-state index contributed by atoms with van der Waals surface area (Å²) in [5.74, 6) is 0.561. The van der Waals surface area contributed by atoms with E-state index in [0.717, 1.165) is 14.6 Å². The van der Waals surface area contributed by atoms with Crippen LogP contribution in [0.4, 0.5) is 5.69 Å². The second-order valence-corrected chi connectivity index (χ2v) is 5.03. The first-order valence-electron chi connectivity index (χ1n) is 4.94. The zero-order valence-electron chi connectivity index (χ0n) is 9.31. The Bertz CT molecular complexity index is 498. The van der Waals surface area contributed by atoms with Gasteiger partial charge in [-0.2, -0.15) is 0 Å². The SMILES string of the molecule is C.N#COc1ccc(Br)cc1.Nc1ccc(Br)cc1. The van der Waals surface area contributed by atoms with E-state index in [0.29, 0.717) is 5.75 Å². The molecular weight excluding hydrogens is 372 g/mol. The van der Waals surface area contributed by atoms with Gasteiger partial charge in [0.15, 0.2) is 0 Å². The zero-order valence-corrected chi connectivity index (χ0v) is 12.5. The number of anilines is 1. The molecule has 0 aliphatic heterocycles. The number of nitrogens with two attached hydrogens (primary N) is 1. The predicted octanol–water partition coefficient (Wildman–Crippen LogP) is 4.98. The van der Waals surface area contributed by atoms with Crippen LogP contribution >= 0.6 is 31.9 Å². The van der Waals surface area contributed by atoms with Crippen LogP contribution in [0.25, 0.3) is 0 Å². The van der Waals surface area contributed by atoms with Crippen LogP contribution in [0.15, 0.2) is 57.5 Å². The van der Waals surface area contributed by atoms with Gasteiger partial charge in [0.05, 0.1) is 0 Å². The van der Waals surface area contributed by atoms with Gasteiger partial charge in [0.2, 0.25) is 0 Å². The summed E-state index contributed by atoms with van der Waals surface area (Å²) in [6.45, 7) is 0. The van der Waals surface area contributed by atoms with E-state index in [2.05, 4.69) is 36.6 Å². The molecule has 0 spiro atoms. The van der Waals surface area contributed by atoms with Gasteiger partial charge in [0, 0.05) is 14.6 Å². The van der Waals surface area contributed by atoms with Gasteiger partial charge in [-0.05, 0) is 48.5 Å². The topological polar surface area (TPSA) is 59.0 Å². The van der Waals surface area contributed by atoms with E-state index >= 15 is 0 Å². The molecule has 0 aromatic heterocycles. The number of ether oxygens (including phenoxy) is 1. The van der Waals surface area contributed by atoms with E-state index in [4.69, 9.17) is 11.0 Å². The van der Waals surface area contributed by atoms with Crippen molar-refractivity contribution in [1.82, 2.24) is 0 Å². The van der Waals surface area contributed by atoms with Gasteiger partial charge in [-0.15, -0.1) is 5.26 Å². The first-order valence-corrected chi connectivity index (χ1v) is 6.53. The minimum absolute atomic E-state index is 0. The van der Waals surface area contributed by atoms with Gasteiger partial charge >= 0.3 is 0 Å². The number of hydrogen-bond donors (Lipinski definition) is 1. The summed E-state index contributed by atoms with van der Waals surface area (Å²) in [5, 5.41) is 8.11. The smallest absolute Gasteiger partial charge is 0.292 e. The molecule has 0 aliphatic carbocycles. The molecule has 3 nitrogen and oxygen atoms in total. The summed E-state index contributed by atoms with van der Waals surface area (Å²) in [7, 11) is 0. The van der Waals surface area contributed by atoms with Crippen LogP contribution in [0.2, 0.25) is 0 Å². The molecular formula is C14H14Br2N2O. The summed E-state index contributed by atoms with van der Waals surface area (Å²) in [6, 6.07) is 14.6. The molecule has 0 unspecified atom stereocenters. The first kappa shape index (κ1) is 17.5. The third-order valence-electron chi connectivity index (χ3n) is 1.85. The molecule has 19 heavy (non-hydrogen) atoms. The van der Waals surface area contributed by atoms with E-state index in [1.54, 1.807) is 18.4 Å². The fraction of sp³-hybridized carbons (Fsp3) is 0.0714. The Kier molecular flexibility index (Phi) is 8.68. The van der Waals surface area contributed by atoms with Crippen LogP contribution in [0, 0.1) is 11.5 Å². The minimum atomic E-state index is 0. The van der Waals surface area contributed by atoms with Crippen molar-refractivity contribution in [2.45, 2.75) is 7.43 Å². The van der Waals surface area contributed by atoms with Crippen molar-refractivity contribution in [3.05, 3.63) is 57.5 Å². The lowest BCUT2D eigenvalue weighted by Crippen LogP contribution is -1.80. The Morgan fingerprint density at radius 3 is 1.68 bits per heavy atom. The molecule has 0 amide bonds. The highest BCUT2D eigenvalue weighted by Gasteiger charge is 1.89. The highest BCUT2D eigenvalue weighted by atomic mass is 79.9. The standard InChI is InChI=1S/C7H4BrNO.C6H6BrN.CH4/c8-6-1-3-7(4-2-6)10-5-9;7-5-1-3-6(8)4-2-5;/h1-4H;1-4H,8H2;1H4. The lowest BCUT2D eigenvalue weighted by atomic mass is 10.3. The molecule has 100 valence electrons. The van der Waals surface area contributed by atoms with Gasteiger partial charge in [0.25, 0.3) is 6.26 Å². The van der Waals surface area contributed by atoms with Gasteiger partial charge in [-0.1, -0.05) is 39.3 Å². The van der Waals surface area contributed by atoms with Crippen molar-refractivity contribution in [2.24, 2.45) is 0 Å². The predicted molar refractivity (Wildman–Crippen MR) is 85.7 cm³/mol. The summed E-state index contributed by atoms with van der Waals surface area (Å²) in [5.41, 5.74) is 6.21. The molecule has 5 heteroatoms. The lowest BCUT2D eigenvalue weighted by Gasteiger charge is -1.93. The molecule has 2 aromatic carbocycles. The van der Waals surface area contributed by atoms with Gasteiger partial charge in [-0.25, -0.2) is 0 Å². The zero-order chi connectivity index (χ0) is 13.4. The van der Waals surface area contributed by atoms with E-state index in [1.165, 1.54) is 0 Å². The summed E-state index contributed by atoms with van der Waals surface area (Å²) in [4.78, 5) is 0. The highest BCUT2D eigenvalue weighted by Crippen LogP contribution is 2.15. The van der Waals surface area contributed by atoms with Crippen LogP contribution in [-0.2, 0) is 0 Å². The lowest BCUT2D eigenvalue weighted by molar-refractivity contribution is 0.507. The third-order valence-corrected chi connectivity index (χ3v) is 2.90. The molecule has 0 bridgehead atoms. The van der Waals surface area contributed by atoms with Crippen molar-refractivity contribution in [2.75, 3.05) is 5.73 Å². The minimum Gasteiger partial charge on any atom is -0.399 e. The van der Waals surface area contributed by atoms with Gasteiger partial charge in [-0.3, -0.25) is 0 Å². The maximum atomic E-state index is 8.11. The monoisotopic (exact) mass is 384 g/mol. The number of nitrogens with zero attached hydrogens (tertiary/aromatic N) is 1. The molecule has 0 fully saturated rings. The number of nitrogen functional groups attached to an aromatic ring is 1. The Morgan fingerprint density at radius 1 is 0.895 bits per heavy atom. The van der Waals surface area contributed by atoms with Crippen molar-refractivity contribution >= 4 is 37.5 Å². The van der Waals surface area contributed by atoms with E-state index in [1.807, 2.05) is 36.4 Å². The largest absolute Gasteiger partial charge is 0.399 e. The van der Waals surface area contributed by atoms with Crippen molar-refractivity contribution < 1.29 is 4.74 Å². The van der Waals surface area contributed by atoms with Crippen molar-refractivity contribution in [3.8, 4) is 12.0 Å². The van der Waals surface area contributed by atoms with Gasteiger partial charge < -0.3 is 10.5 Å². The quantitative estimate of drug-likeness (QED) is 0.556. The number of rotatable bonds is 1. The van der Waals surface area contributed by atoms with Gasteiger partial charge in [0.1, 0.15) is 5.75 Å². The van der Waals surface area contributed by atoms with E-state index in [9.17, 15) is 0 Å². The molecule has 0 atom stereocenters. The molecule has 2 aromatic rings. The average Bonchev–Trinajstić information content (AvgIpc) is 2.37. The van der Waals surface area contributed by atoms with Crippen molar-refractivity contribution in [3.63, 3.8) is 0 Å². The van der Waals surface area contributed by atoms with Crippen LogP contribution in [0.1, 0.15) is 7.43 Å². The molecule has 0 radical (unpaired) electrons. The molecule has 2 N–H and O–H groups in total. The maximum Gasteiger partial charge on any atom is 0.292 e. The maximum absolute atomic E-state index is 8.11. The number of benzene rings is 2. The van der Waals surface area contributed by atoms with Crippen LogP contribution in [0.5, 0.6) is 5.75 Å². The summed E-state index contributed by atoms with van der Waals surface area (Å²) < 4.78 is 6.58. The number of halogens is 2. The Balaban J connectivity index is 0.000000331.